The van der Waals surface area contributed by atoms with E-state index in [2.05, 4.69) is 0 Å². The highest BCUT2D eigenvalue weighted by molar-refractivity contribution is 6.04. The molecule has 0 fully saturated rings. The van der Waals surface area contributed by atoms with Crippen LogP contribution in [0.15, 0.2) is 66.8 Å². The first kappa shape index (κ1) is 12.4. The first-order chi connectivity index (χ1) is 8.57. The topological polar surface area (TPSA) is 17.1 Å². The Bertz CT molecular complexity index is 497. The van der Waals surface area contributed by atoms with Gasteiger partial charge in [-0.05, 0) is 18.2 Å². The van der Waals surface area contributed by atoms with Crippen LogP contribution in [0.2, 0.25) is 0 Å². The lowest BCUT2D eigenvalue weighted by Gasteiger charge is -2.13. The molecule has 1 aliphatic carbocycles. The number of alkyl halides is 2. The molecule has 0 aliphatic heterocycles. The van der Waals surface area contributed by atoms with E-state index in [0.29, 0.717) is 5.56 Å². The maximum Gasteiger partial charge on any atom is 0.284 e. The van der Waals surface area contributed by atoms with Gasteiger partial charge in [-0.2, -0.15) is 8.78 Å². The lowest BCUT2D eigenvalue weighted by Crippen LogP contribution is -2.12. The Kier molecular flexibility index (Phi) is 3.51. The molecule has 3 heteroatoms. The molecule has 0 atom stereocenters. The molecule has 0 saturated carbocycles. The second-order valence-electron chi connectivity index (χ2n) is 4.06. The first-order valence-electron chi connectivity index (χ1n) is 5.61. The maximum absolute atomic E-state index is 12.8. The quantitative estimate of drug-likeness (QED) is 0.450. The molecule has 0 radical (unpaired) electrons. The third kappa shape index (κ3) is 3.23. The Labute approximate surface area is 104 Å². The van der Waals surface area contributed by atoms with Crippen LogP contribution in [0.1, 0.15) is 10.4 Å². The summed E-state index contributed by atoms with van der Waals surface area (Å²) in [6.07, 6.45) is 7.48. The van der Waals surface area contributed by atoms with Crippen LogP contribution in [0.3, 0.4) is 0 Å². The number of hydrogen-bond donors (Lipinski definition) is 0. The summed E-state index contributed by atoms with van der Waals surface area (Å²) in [5.41, 5.74) is 0.586. The summed E-state index contributed by atoms with van der Waals surface area (Å²) >= 11 is 0. The number of ketones is 1. The average molecular weight is 246 g/mol. The van der Waals surface area contributed by atoms with E-state index in [1.165, 1.54) is 18.2 Å². The number of carbonyl (C=O) groups excluding carboxylic acids is 1. The van der Waals surface area contributed by atoms with Crippen LogP contribution in [-0.2, 0) is 0 Å². The van der Waals surface area contributed by atoms with E-state index in [0.717, 1.165) is 12.2 Å². The normalized spacial score (nSPS) is 18.3. The van der Waals surface area contributed by atoms with Crippen LogP contribution in [0.5, 0.6) is 0 Å². The minimum Gasteiger partial charge on any atom is -0.289 e. The Morgan fingerprint density at radius 3 is 2.33 bits per heavy atom. The van der Waals surface area contributed by atoms with Crippen molar-refractivity contribution >= 4 is 5.78 Å². The van der Waals surface area contributed by atoms with Gasteiger partial charge in [-0.3, -0.25) is 4.79 Å². The van der Waals surface area contributed by atoms with Crippen LogP contribution in [0.4, 0.5) is 8.78 Å². The number of rotatable bonds is 3. The molecule has 0 spiro atoms. The fourth-order valence-corrected chi connectivity index (χ4v) is 1.62. The first-order valence-corrected chi connectivity index (χ1v) is 5.61. The van der Waals surface area contributed by atoms with E-state index in [1.54, 1.807) is 30.3 Å². The maximum atomic E-state index is 12.8. The van der Waals surface area contributed by atoms with Gasteiger partial charge in [0.15, 0.2) is 5.78 Å². The lowest BCUT2D eigenvalue weighted by molar-refractivity contribution is 0.104. The summed E-state index contributed by atoms with van der Waals surface area (Å²) in [4.78, 5) is 11.7. The van der Waals surface area contributed by atoms with Gasteiger partial charge in [-0.15, -0.1) is 0 Å². The molecule has 0 heterocycles. The van der Waals surface area contributed by atoms with Crippen LogP contribution in [-0.4, -0.2) is 11.7 Å². The van der Waals surface area contributed by atoms with Gasteiger partial charge in [0.05, 0.1) is 0 Å². The van der Waals surface area contributed by atoms with Crippen molar-refractivity contribution in [1.29, 1.82) is 0 Å². The van der Waals surface area contributed by atoms with Gasteiger partial charge < -0.3 is 0 Å². The molecular formula is C15H12F2O. The van der Waals surface area contributed by atoms with Crippen LogP contribution in [0.25, 0.3) is 0 Å². The third-order valence-electron chi connectivity index (χ3n) is 2.61. The number of allylic oxidation sites excluding steroid dienone is 6. The number of carbonyl (C=O) groups is 1. The summed E-state index contributed by atoms with van der Waals surface area (Å²) in [5.74, 6) is -3.25. The van der Waals surface area contributed by atoms with Gasteiger partial charge >= 0.3 is 0 Å². The molecule has 18 heavy (non-hydrogen) atoms. The van der Waals surface area contributed by atoms with E-state index in [1.807, 2.05) is 6.07 Å². The van der Waals surface area contributed by atoms with Gasteiger partial charge in [0.2, 0.25) is 0 Å². The minimum atomic E-state index is -2.87. The van der Waals surface area contributed by atoms with Crippen molar-refractivity contribution < 1.29 is 13.6 Å². The molecule has 1 aromatic carbocycles. The van der Waals surface area contributed by atoms with E-state index >= 15 is 0 Å². The van der Waals surface area contributed by atoms with Crippen molar-refractivity contribution in [3.63, 3.8) is 0 Å². The molecule has 2 rings (SSSR count). The van der Waals surface area contributed by atoms with Gasteiger partial charge in [0, 0.05) is 11.5 Å². The molecule has 1 nitrogen and oxygen atoms in total. The summed E-state index contributed by atoms with van der Waals surface area (Å²) in [7, 11) is 0. The predicted molar refractivity (Wildman–Crippen MR) is 66.6 cm³/mol. The van der Waals surface area contributed by atoms with Gasteiger partial charge in [0.25, 0.3) is 5.92 Å². The van der Waals surface area contributed by atoms with E-state index in [4.69, 9.17) is 0 Å². The SMILES string of the molecule is O=C(/C=C/C1C=CC(F)(F)C=C1)c1ccccc1. The largest absolute Gasteiger partial charge is 0.289 e. The molecule has 92 valence electrons. The molecule has 1 aromatic rings. The zero-order valence-electron chi connectivity index (χ0n) is 9.59. The van der Waals surface area contributed by atoms with Crippen LogP contribution in [0, 0.1) is 5.92 Å². The molecule has 0 unspecified atom stereocenters. The van der Waals surface area contributed by atoms with Gasteiger partial charge in [-0.25, -0.2) is 0 Å². The monoisotopic (exact) mass is 246 g/mol. The van der Waals surface area contributed by atoms with Gasteiger partial charge in [0.1, 0.15) is 0 Å². The van der Waals surface area contributed by atoms with E-state index in [-0.39, 0.29) is 11.7 Å². The molecular weight excluding hydrogens is 234 g/mol. The zero-order chi connectivity index (χ0) is 13.0. The smallest absolute Gasteiger partial charge is 0.284 e. The highest BCUT2D eigenvalue weighted by Crippen LogP contribution is 2.24. The standard InChI is InChI=1S/C15H12F2O/c16-15(17)10-8-12(9-11-15)6-7-14(18)13-4-2-1-3-5-13/h1-12H/b7-6+. The number of benzene rings is 1. The van der Waals surface area contributed by atoms with Crippen molar-refractivity contribution in [3.8, 4) is 0 Å². The summed E-state index contributed by atoms with van der Waals surface area (Å²) in [6.45, 7) is 0. The minimum absolute atomic E-state index is 0.130. The van der Waals surface area contributed by atoms with E-state index < -0.39 is 5.92 Å². The Hall–Kier alpha value is -2.03. The lowest BCUT2D eigenvalue weighted by atomic mass is 10.00. The molecule has 1 aliphatic rings. The Morgan fingerprint density at radius 2 is 1.72 bits per heavy atom. The molecule has 0 amide bonds. The summed E-state index contributed by atoms with van der Waals surface area (Å²) in [5, 5.41) is 0. The second-order valence-corrected chi connectivity index (χ2v) is 4.06. The highest BCUT2D eigenvalue weighted by atomic mass is 19.3. The molecule has 0 N–H and O–H groups in total. The Balaban J connectivity index is 2.01. The second kappa shape index (κ2) is 5.08. The zero-order valence-corrected chi connectivity index (χ0v) is 9.59. The summed E-state index contributed by atoms with van der Waals surface area (Å²) < 4.78 is 25.6. The average Bonchev–Trinajstić information content (AvgIpc) is 2.38. The number of hydrogen-bond acceptors (Lipinski definition) is 1. The Morgan fingerprint density at radius 1 is 1.11 bits per heavy atom. The van der Waals surface area contributed by atoms with Crippen molar-refractivity contribution in [2.45, 2.75) is 5.92 Å². The summed E-state index contributed by atoms with van der Waals surface area (Å²) in [6, 6.07) is 8.82. The van der Waals surface area contributed by atoms with Crippen molar-refractivity contribution in [3.05, 3.63) is 72.4 Å². The van der Waals surface area contributed by atoms with Crippen molar-refractivity contribution in [2.75, 3.05) is 0 Å². The molecule has 0 saturated heterocycles. The van der Waals surface area contributed by atoms with Crippen molar-refractivity contribution in [2.24, 2.45) is 5.92 Å². The van der Waals surface area contributed by atoms with Crippen LogP contribution >= 0.6 is 0 Å². The van der Waals surface area contributed by atoms with E-state index in [9.17, 15) is 13.6 Å². The predicted octanol–water partition coefficient (Wildman–Crippen LogP) is 3.80. The fraction of sp³-hybridized carbons (Fsp3) is 0.133. The molecule has 0 bridgehead atoms. The van der Waals surface area contributed by atoms with Crippen LogP contribution < -0.4 is 0 Å². The number of halogens is 2. The highest BCUT2D eigenvalue weighted by Gasteiger charge is 2.23. The third-order valence-corrected chi connectivity index (χ3v) is 2.61. The fourth-order valence-electron chi connectivity index (χ4n) is 1.62. The molecule has 0 aromatic heterocycles. The van der Waals surface area contributed by atoms with Crippen molar-refractivity contribution in [1.82, 2.24) is 0 Å². The van der Waals surface area contributed by atoms with Gasteiger partial charge in [-0.1, -0.05) is 48.6 Å².